The van der Waals surface area contributed by atoms with Crippen molar-refractivity contribution in [3.05, 3.63) is 70.0 Å². The molecule has 6 heteroatoms. The van der Waals surface area contributed by atoms with Gasteiger partial charge < -0.3 is 9.30 Å². The fourth-order valence-electron chi connectivity index (χ4n) is 2.49. The molecule has 0 aliphatic carbocycles. The van der Waals surface area contributed by atoms with Crippen molar-refractivity contribution in [2.75, 3.05) is 0 Å². The number of hydrogen-bond donors (Lipinski definition) is 0. The lowest BCUT2D eigenvalue weighted by molar-refractivity contribution is 0.286. The molecule has 0 amide bonds. The van der Waals surface area contributed by atoms with Crippen molar-refractivity contribution in [1.29, 1.82) is 0 Å². The highest BCUT2D eigenvalue weighted by Crippen LogP contribution is 2.24. The lowest BCUT2D eigenvalue weighted by Crippen LogP contribution is -2.07. The second-order valence-electron chi connectivity index (χ2n) is 5.62. The van der Waals surface area contributed by atoms with Crippen LogP contribution in [0.4, 0.5) is 0 Å². The first-order valence-electron chi connectivity index (χ1n) is 8.15. The highest BCUT2D eigenvalue weighted by atomic mass is 79.9. The van der Waals surface area contributed by atoms with Gasteiger partial charge in [-0.3, -0.25) is 0 Å². The standard InChI is InChI=1S/C19H20BrN3OS/c1-3-23-18(12-24-17-10-5-4-7-14(17)2)21-22-19(23)25-13-15-8-6-9-16(20)11-15/h4-11H,3,12-13H2,1-2H3. The van der Waals surface area contributed by atoms with Crippen molar-refractivity contribution in [3.63, 3.8) is 0 Å². The lowest BCUT2D eigenvalue weighted by atomic mass is 10.2. The Hall–Kier alpha value is -1.79. The maximum Gasteiger partial charge on any atom is 0.191 e. The lowest BCUT2D eigenvalue weighted by Gasteiger charge is -2.10. The van der Waals surface area contributed by atoms with Gasteiger partial charge in [-0.1, -0.05) is 58.0 Å². The van der Waals surface area contributed by atoms with E-state index in [1.54, 1.807) is 11.8 Å². The summed E-state index contributed by atoms with van der Waals surface area (Å²) in [6, 6.07) is 16.3. The second-order valence-corrected chi connectivity index (χ2v) is 7.47. The van der Waals surface area contributed by atoms with Crippen molar-refractivity contribution < 1.29 is 4.74 Å². The van der Waals surface area contributed by atoms with Gasteiger partial charge in [0.15, 0.2) is 11.0 Å². The third kappa shape index (κ3) is 4.64. The minimum atomic E-state index is 0.420. The van der Waals surface area contributed by atoms with Gasteiger partial charge in [0.2, 0.25) is 0 Å². The molecule has 0 spiro atoms. The van der Waals surface area contributed by atoms with Crippen LogP contribution in [0.3, 0.4) is 0 Å². The number of nitrogens with zero attached hydrogens (tertiary/aromatic N) is 3. The molecule has 25 heavy (non-hydrogen) atoms. The van der Waals surface area contributed by atoms with E-state index in [4.69, 9.17) is 4.74 Å². The zero-order valence-electron chi connectivity index (χ0n) is 14.3. The van der Waals surface area contributed by atoms with Crippen LogP contribution in [0, 0.1) is 6.92 Å². The molecule has 0 radical (unpaired) electrons. The number of thioether (sulfide) groups is 1. The van der Waals surface area contributed by atoms with Crippen LogP contribution in [0.25, 0.3) is 0 Å². The topological polar surface area (TPSA) is 39.9 Å². The number of ether oxygens (including phenoxy) is 1. The Kier molecular flexibility index (Phi) is 6.15. The fraction of sp³-hybridized carbons (Fsp3) is 0.263. The molecular weight excluding hydrogens is 398 g/mol. The maximum absolute atomic E-state index is 5.92. The normalized spacial score (nSPS) is 10.8. The first-order chi connectivity index (χ1) is 12.2. The van der Waals surface area contributed by atoms with Gasteiger partial charge in [-0.05, 0) is 43.2 Å². The first kappa shape index (κ1) is 18.0. The van der Waals surface area contributed by atoms with Gasteiger partial charge in [0.1, 0.15) is 12.4 Å². The van der Waals surface area contributed by atoms with Crippen LogP contribution in [-0.2, 0) is 18.9 Å². The molecule has 0 atom stereocenters. The van der Waals surface area contributed by atoms with Crippen LogP contribution >= 0.6 is 27.7 Å². The average molecular weight is 418 g/mol. The summed E-state index contributed by atoms with van der Waals surface area (Å²) in [6.45, 7) is 5.38. The fourth-order valence-corrected chi connectivity index (χ4v) is 3.90. The van der Waals surface area contributed by atoms with Crippen molar-refractivity contribution in [3.8, 4) is 5.75 Å². The molecule has 4 nitrogen and oxygen atoms in total. The Bertz CT molecular complexity index is 850. The van der Waals surface area contributed by atoms with Crippen molar-refractivity contribution >= 4 is 27.7 Å². The Morgan fingerprint density at radius 1 is 1.12 bits per heavy atom. The van der Waals surface area contributed by atoms with E-state index in [1.165, 1.54) is 5.56 Å². The molecule has 0 aliphatic heterocycles. The predicted octanol–water partition coefficient (Wildman–Crippen LogP) is 5.24. The van der Waals surface area contributed by atoms with Gasteiger partial charge in [-0.15, -0.1) is 10.2 Å². The zero-order chi connectivity index (χ0) is 17.6. The molecule has 0 fully saturated rings. The molecule has 1 heterocycles. The summed E-state index contributed by atoms with van der Waals surface area (Å²) in [5.74, 6) is 2.59. The molecule has 3 rings (SSSR count). The number of halogens is 1. The van der Waals surface area contributed by atoms with Crippen LogP contribution in [0.5, 0.6) is 5.75 Å². The second kappa shape index (κ2) is 8.54. The molecule has 3 aromatic rings. The summed E-state index contributed by atoms with van der Waals surface area (Å²) >= 11 is 5.20. The van der Waals surface area contributed by atoms with Gasteiger partial charge in [0.05, 0.1) is 0 Å². The summed E-state index contributed by atoms with van der Waals surface area (Å²) in [7, 11) is 0. The van der Waals surface area contributed by atoms with Crippen LogP contribution < -0.4 is 4.74 Å². The summed E-state index contributed by atoms with van der Waals surface area (Å²) in [5.41, 5.74) is 2.37. The number of para-hydroxylation sites is 1. The highest BCUT2D eigenvalue weighted by molar-refractivity contribution is 9.10. The van der Waals surface area contributed by atoms with Crippen LogP contribution in [-0.4, -0.2) is 14.8 Å². The molecule has 2 aromatic carbocycles. The van der Waals surface area contributed by atoms with Gasteiger partial charge in [-0.25, -0.2) is 0 Å². The Morgan fingerprint density at radius 2 is 1.96 bits per heavy atom. The molecular formula is C19H20BrN3OS. The Morgan fingerprint density at radius 3 is 2.72 bits per heavy atom. The minimum absolute atomic E-state index is 0.420. The Labute approximate surface area is 160 Å². The van der Waals surface area contributed by atoms with E-state index >= 15 is 0 Å². The highest BCUT2D eigenvalue weighted by Gasteiger charge is 2.12. The molecule has 0 saturated heterocycles. The maximum atomic E-state index is 5.92. The largest absolute Gasteiger partial charge is 0.485 e. The monoisotopic (exact) mass is 417 g/mol. The summed E-state index contributed by atoms with van der Waals surface area (Å²) in [4.78, 5) is 0. The van der Waals surface area contributed by atoms with Crippen molar-refractivity contribution in [2.24, 2.45) is 0 Å². The number of rotatable bonds is 7. The smallest absolute Gasteiger partial charge is 0.191 e. The quantitative estimate of drug-likeness (QED) is 0.492. The minimum Gasteiger partial charge on any atom is -0.485 e. The van der Waals surface area contributed by atoms with E-state index in [2.05, 4.69) is 49.8 Å². The van der Waals surface area contributed by atoms with Gasteiger partial charge >= 0.3 is 0 Å². The van der Waals surface area contributed by atoms with Crippen molar-refractivity contribution in [1.82, 2.24) is 14.8 Å². The molecule has 130 valence electrons. The molecule has 0 N–H and O–H groups in total. The Balaban J connectivity index is 1.67. The van der Waals surface area contributed by atoms with E-state index in [0.717, 1.165) is 39.1 Å². The van der Waals surface area contributed by atoms with Crippen LogP contribution in [0.1, 0.15) is 23.9 Å². The number of benzene rings is 2. The molecule has 1 aromatic heterocycles. The zero-order valence-corrected chi connectivity index (χ0v) is 16.7. The first-order valence-corrected chi connectivity index (χ1v) is 9.93. The van der Waals surface area contributed by atoms with Crippen LogP contribution in [0.2, 0.25) is 0 Å². The van der Waals surface area contributed by atoms with E-state index in [1.807, 2.05) is 43.3 Å². The molecule has 0 bridgehead atoms. The van der Waals surface area contributed by atoms with E-state index in [-0.39, 0.29) is 0 Å². The predicted molar refractivity (Wildman–Crippen MR) is 105 cm³/mol. The molecule has 0 saturated carbocycles. The van der Waals surface area contributed by atoms with Gasteiger partial charge in [-0.2, -0.15) is 0 Å². The third-order valence-corrected chi connectivity index (χ3v) is 5.35. The third-order valence-electron chi connectivity index (χ3n) is 3.82. The van der Waals surface area contributed by atoms with Crippen LogP contribution in [0.15, 0.2) is 58.2 Å². The van der Waals surface area contributed by atoms with Gasteiger partial charge in [0.25, 0.3) is 0 Å². The number of hydrogen-bond acceptors (Lipinski definition) is 4. The van der Waals surface area contributed by atoms with E-state index in [9.17, 15) is 0 Å². The molecule has 0 unspecified atom stereocenters. The van der Waals surface area contributed by atoms with E-state index < -0.39 is 0 Å². The number of aromatic nitrogens is 3. The van der Waals surface area contributed by atoms with E-state index in [0.29, 0.717) is 6.61 Å². The average Bonchev–Trinajstić information content (AvgIpc) is 3.01. The SMILES string of the molecule is CCn1c(COc2ccccc2C)nnc1SCc1cccc(Br)c1. The van der Waals surface area contributed by atoms with Crippen molar-refractivity contribution in [2.45, 2.75) is 37.9 Å². The summed E-state index contributed by atoms with van der Waals surface area (Å²) in [5, 5.41) is 9.58. The van der Waals surface area contributed by atoms with Gasteiger partial charge in [0, 0.05) is 16.8 Å². The molecule has 0 aliphatic rings. The summed E-state index contributed by atoms with van der Waals surface area (Å²) in [6.07, 6.45) is 0. The summed E-state index contributed by atoms with van der Waals surface area (Å²) < 4.78 is 9.12. The number of aryl methyl sites for hydroxylation is 1.